The van der Waals surface area contributed by atoms with Crippen LogP contribution in [0.5, 0.6) is 5.75 Å². The normalized spacial score (nSPS) is 16.4. The number of H-pyrrole nitrogens is 1. The number of aromatic amines is 1. The third kappa shape index (κ3) is 4.71. The van der Waals surface area contributed by atoms with Crippen LogP contribution in [0, 0.1) is 0 Å². The minimum absolute atomic E-state index is 0.198. The number of nitrogens with one attached hydrogen (secondary N) is 1. The largest absolute Gasteiger partial charge is 0.493 e. The number of primary sulfonamides is 1. The molecule has 34 heavy (non-hydrogen) atoms. The number of fused-ring (bicyclic) bond motifs is 2. The van der Waals surface area contributed by atoms with E-state index in [1.54, 1.807) is 24.3 Å². The maximum atomic E-state index is 14.3. The molecule has 1 aromatic heterocycles. The van der Waals surface area contributed by atoms with Crippen LogP contribution < -0.4 is 9.88 Å². The SMILES string of the molecule is CC(C)(CC(O)(Cc1cc2cc(Br)ccc2[nH]1)C(F)(F)F)c1cc(S(N)(=O)=O)cc2c1OCC2. The number of halogens is 4. The molecule has 6 nitrogen and oxygen atoms in total. The lowest BCUT2D eigenvalue weighted by molar-refractivity contribution is -0.266. The van der Waals surface area contributed by atoms with E-state index in [0.717, 1.165) is 4.47 Å². The summed E-state index contributed by atoms with van der Waals surface area (Å²) in [6.45, 7) is 3.33. The maximum absolute atomic E-state index is 14.3. The molecule has 0 radical (unpaired) electrons. The van der Waals surface area contributed by atoms with E-state index >= 15 is 0 Å². The second-order valence-corrected chi connectivity index (χ2v) is 11.9. The van der Waals surface area contributed by atoms with Gasteiger partial charge in [-0.05, 0) is 53.8 Å². The van der Waals surface area contributed by atoms with Gasteiger partial charge >= 0.3 is 6.18 Å². The molecule has 4 rings (SSSR count). The van der Waals surface area contributed by atoms with Crippen molar-refractivity contribution in [3.05, 3.63) is 57.7 Å². The Balaban J connectivity index is 1.75. The van der Waals surface area contributed by atoms with Gasteiger partial charge in [-0.3, -0.25) is 0 Å². The number of ether oxygens (including phenoxy) is 1. The fraction of sp³-hybridized carbons (Fsp3) is 0.391. The highest BCUT2D eigenvalue weighted by Crippen LogP contribution is 2.47. The van der Waals surface area contributed by atoms with Crippen LogP contribution in [0.25, 0.3) is 10.9 Å². The Morgan fingerprint density at radius 3 is 2.53 bits per heavy atom. The van der Waals surface area contributed by atoms with E-state index < -0.39 is 40.1 Å². The lowest BCUT2D eigenvalue weighted by atomic mass is 9.73. The lowest BCUT2D eigenvalue weighted by Gasteiger charge is -2.38. The van der Waals surface area contributed by atoms with E-state index in [9.17, 15) is 26.7 Å². The number of nitrogens with two attached hydrogens (primary N) is 1. The van der Waals surface area contributed by atoms with E-state index in [-0.39, 0.29) is 22.8 Å². The highest BCUT2D eigenvalue weighted by molar-refractivity contribution is 9.10. The van der Waals surface area contributed by atoms with Crippen LogP contribution in [-0.4, -0.2) is 36.9 Å². The summed E-state index contributed by atoms with van der Waals surface area (Å²) < 4.78 is 73.3. The first kappa shape index (κ1) is 25.0. The zero-order chi connectivity index (χ0) is 25.1. The van der Waals surface area contributed by atoms with Gasteiger partial charge in [0, 0.05) is 39.5 Å². The molecule has 1 unspecified atom stereocenters. The average molecular weight is 561 g/mol. The highest BCUT2D eigenvalue weighted by Gasteiger charge is 2.56. The van der Waals surface area contributed by atoms with Crippen LogP contribution in [0.2, 0.25) is 0 Å². The number of hydrogen-bond donors (Lipinski definition) is 3. The van der Waals surface area contributed by atoms with Crippen LogP contribution in [0.3, 0.4) is 0 Å². The molecule has 0 bridgehead atoms. The van der Waals surface area contributed by atoms with E-state index in [4.69, 9.17) is 9.88 Å². The van der Waals surface area contributed by atoms with Gasteiger partial charge in [0.15, 0.2) is 5.60 Å². The molecule has 2 aromatic carbocycles. The molecule has 1 atom stereocenters. The summed E-state index contributed by atoms with van der Waals surface area (Å²) >= 11 is 3.34. The molecule has 184 valence electrons. The third-order valence-electron chi connectivity index (χ3n) is 6.20. The Kier molecular flexibility index (Phi) is 6.07. The van der Waals surface area contributed by atoms with Gasteiger partial charge in [-0.15, -0.1) is 0 Å². The van der Waals surface area contributed by atoms with Gasteiger partial charge in [-0.25, -0.2) is 13.6 Å². The Hall–Kier alpha value is -2.08. The second-order valence-electron chi connectivity index (χ2n) is 9.40. The van der Waals surface area contributed by atoms with Crippen LogP contribution in [0.15, 0.2) is 45.8 Å². The van der Waals surface area contributed by atoms with Crippen molar-refractivity contribution < 1.29 is 31.4 Å². The van der Waals surface area contributed by atoms with Crippen molar-refractivity contribution in [3.63, 3.8) is 0 Å². The molecule has 0 saturated heterocycles. The minimum atomic E-state index is -4.95. The molecular weight excluding hydrogens is 537 g/mol. The molecule has 4 N–H and O–H groups in total. The Labute approximate surface area is 203 Å². The summed E-state index contributed by atoms with van der Waals surface area (Å²) in [5.41, 5.74) is -2.72. The quantitative estimate of drug-likeness (QED) is 0.405. The number of alkyl halides is 3. The maximum Gasteiger partial charge on any atom is 0.417 e. The molecule has 0 saturated carbocycles. The number of aromatic nitrogens is 1. The predicted octanol–water partition coefficient (Wildman–Crippen LogP) is 4.72. The summed E-state index contributed by atoms with van der Waals surface area (Å²) in [5.74, 6) is 0.345. The minimum Gasteiger partial charge on any atom is -0.493 e. The zero-order valence-electron chi connectivity index (χ0n) is 18.5. The molecule has 11 heteroatoms. The van der Waals surface area contributed by atoms with Crippen molar-refractivity contribution in [1.82, 2.24) is 4.98 Å². The molecule has 1 aliphatic heterocycles. The van der Waals surface area contributed by atoms with E-state index in [1.165, 1.54) is 26.0 Å². The van der Waals surface area contributed by atoms with Crippen molar-refractivity contribution in [1.29, 1.82) is 0 Å². The average Bonchev–Trinajstić information content (AvgIpc) is 3.30. The van der Waals surface area contributed by atoms with Crippen molar-refractivity contribution >= 4 is 36.9 Å². The van der Waals surface area contributed by atoms with Gasteiger partial charge in [-0.2, -0.15) is 13.2 Å². The van der Waals surface area contributed by atoms with E-state index in [2.05, 4.69) is 20.9 Å². The first-order chi connectivity index (χ1) is 15.6. The van der Waals surface area contributed by atoms with Crippen LogP contribution >= 0.6 is 15.9 Å². The van der Waals surface area contributed by atoms with Crippen molar-refractivity contribution in [3.8, 4) is 5.75 Å². The van der Waals surface area contributed by atoms with Crippen LogP contribution in [-0.2, 0) is 28.3 Å². The summed E-state index contributed by atoms with van der Waals surface area (Å²) in [4.78, 5) is 2.75. The Morgan fingerprint density at radius 1 is 1.18 bits per heavy atom. The fourth-order valence-electron chi connectivity index (χ4n) is 4.61. The number of sulfonamides is 1. The van der Waals surface area contributed by atoms with Crippen molar-refractivity contribution in [2.45, 2.75) is 55.2 Å². The molecular formula is C23H24BrF3N2O4S. The fourth-order valence-corrected chi connectivity index (χ4v) is 5.58. The summed E-state index contributed by atoms with van der Waals surface area (Å²) in [7, 11) is -4.10. The van der Waals surface area contributed by atoms with Crippen LogP contribution in [0.1, 0.15) is 37.1 Å². The van der Waals surface area contributed by atoms with Gasteiger partial charge in [0.05, 0.1) is 11.5 Å². The van der Waals surface area contributed by atoms with Gasteiger partial charge in [-0.1, -0.05) is 29.8 Å². The van der Waals surface area contributed by atoms with E-state index in [1.807, 2.05) is 0 Å². The molecule has 0 amide bonds. The first-order valence-electron chi connectivity index (χ1n) is 10.5. The van der Waals surface area contributed by atoms with Crippen LogP contribution in [0.4, 0.5) is 13.2 Å². The predicted molar refractivity (Wildman–Crippen MR) is 125 cm³/mol. The van der Waals surface area contributed by atoms with Gasteiger partial charge in [0.1, 0.15) is 5.75 Å². The molecule has 0 spiro atoms. The van der Waals surface area contributed by atoms with Gasteiger partial charge in [0.25, 0.3) is 0 Å². The van der Waals surface area contributed by atoms with Crippen molar-refractivity contribution in [2.75, 3.05) is 6.61 Å². The Bertz CT molecular complexity index is 1370. The number of benzene rings is 2. The summed E-state index contributed by atoms with van der Waals surface area (Å²) in [6, 6.07) is 9.48. The van der Waals surface area contributed by atoms with Gasteiger partial charge < -0.3 is 14.8 Å². The monoisotopic (exact) mass is 560 g/mol. The molecule has 0 fully saturated rings. The molecule has 0 aliphatic carbocycles. The number of aliphatic hydroxyl groups is 1. The van der Waals surface area contributed by atoms with Gasteiger partial charge in [0.2, 0.25) is 10.0 Å². The highest BCUT2D eigenvalue weighted by atomic mass is 79.9. The lowest BCUT2D eigenvalue weighted by Crippen LogP contribution is -2.51. The number of rotatable bonds is 6. The topological polar surface area (TPSA) is 105 Å². The first-order valence-corrected chi connectivity index (χ1v) is 12.8. The smallest absolute Gasteiger partial charge is 0.417 e. The standard InChI is InChI=1S/C23H24BrF3N2O4S/c1-21(2,18-10-17(34(28,31)32)9-13-5-6-33-20(13)18)12-22(30,23(25,26)27)11-16-8-14-7-15(24)3-4-19(14)29-16/h3-4,7-10,29-30H,5-6,11-12H2,1-2H3,(H2,28,31,32). The zero-order valence-corrected chi connectivity index (χ0v) is 20.9. The Morgan fingerprint density at radius 2 is 1.88 bits per heavy atom. The second kappa shape index (κ2) is 8.25. The number of hydrogen-bond acceptors (Lipinski definition) is 4. The molecule has 3 aromatic rings. The van der Waals surface area contributed by atoms with Crippen molar-refractivity contribution in [2.24, 2.45) is 5.14 Å². The summed E-state index contributed by atoms with van der Waals surface area (Å²) in [6.07, 6.45) is -5.98. The molecule has 1 aliphatic rings. The molecule has 2 heterocycles. The van der Waals surface area contributed by atoms with E-state index in [0.29, 0.717) is 28.6 Å². The summed E-state index contributed by atoms with van der Waals surface area (Å²) in [5, 5.41) is 17.0. The third-order valence-corrected chi connectivity index (χ3v) is 7.58.